The van der Waals surface area contributed by atoms with Crippen LogP contribution >= 0.6 is 23.4 Å². The molecule has 10 heteroatoms. The van der Waals surface area contributed by atoms with Crippen LogP contribution in [-0.2, 0) is 14.8 Å². The fourth-order valence-corrected chi connectivity index (χ4v) is 4.00. The SMILES string of the molecule is COc1ccc(NC(=O)CSc2ncccc2Cl)cc1S(=O)(=O)N(C)C. The molecule has 2 aromatic rings. The first kappa shape index (κ1) is 20.5. The van der Waals surface area contributed by atoms with E-state index < -0.39 is 10.0 Å². The van der Waals surface area contributed by atoms with Crippen LogP contribution in [0.2, 0.25) is 5.02 Å². The zero-order valence-corrected chi connectivity index (χ0v) is 16.8. The highest BCUT2D eigenvalue weighted by molar-refractivity contribution is 8.00. The Labute approximate surface area is 161 Å². The number of anilines is 1. The molecule has 0 saturated heterocycles. The van der Waals surface area contributed by atoms with Gasteiger partial charge in [0.05, 0.1) is 17.9 Å². The number of hydrogen-bond acceptors (Lipinski definition) is 6. The van der Waals surface area contributed by atoms with E-state index in [-0.39, 0.29) is 22.3 Å². The van der Waals surface area contributed by atoms with Crippen molar-refractivity contribution in [2.45, 2.75) is 9.92 Å². The summed E-state index contributed by atoms with van der Waals surface area (Å²) in [5.74, 6) is -0.0279. The lowest BCUT2D eigenvalue weighted by Gasteiger charge is -2.16. The molecule has 0 saturated carbocycles. The molecule has 26 heavy (non-hydrogen) atoms. The van der Waals surface area contributed by atoms with Gasteiger partial charge in [-0.1, -0.05) is 23.4 Å². The van der Waals surface area contributed by atoms with Crippen molar-refractivity contribution in [2.24, 2.45) is 0 Å². The molecule has 7 nitrogen and oxygen atoms in total. The normalized spacial score (nSPS) is 11.4. The topological polar surface area (TPSA) is 88.6 Å². The number of thioether (sulfide) groups is 1. The smallest absolute Gasteiger partial charge is 0.246 e. The largest absolute Gasteiger partial charge is 0.495 e. The number of carbonyl (C=O) groups is 1. The van der Waals surface area contributed by atoms with E-state index in [4.69, 9.17) is 16.3 Å². The van der Waals surface area contributed by atoms with Crippen molar-refractivity contribution in [3.8, 4) is 5.75 Å². The summed E-state index contributed by atoms with van der Waals surface area (Å²) in [6.45, 7) is 0. The molecule has 140 valence electrons. The number of pyridine rings is 1. The Balaban J connectivity index is 2.14. The summed E-state index contributed by atoms with van der Waals surface area (Å²) in [5.41, 5.74) is 0.351. The van der Waals surface area contributed by atoms with Gasteiger partial charge < -0.3 is 10.1 Å². The number of halogens is 1. The Morgan fingerprint density at radius 1 is 1.35 bits per heavy atom. The maximum Gasteiger partial charge on any atom is 0.246 e. The highest BCUT2D eigenvalue weighted by atomic mass is 35.5. The standard InChI is InChI=1S/C16H18ClN3O4S2/c1-20(2)26(22,23)14-9-11(6-7-13(14)24-3)19-15(21)10-25-16-12(17)5-4-8-18-16/h4-9H,10H2,1-3H3,(H,19,21). The second-order valence-electron chi connectivity index (χ2n) is 5.28. The minimum absolute atomic E-state index is 0.0248. The van der Waals surface area contributed by atoms with Crippen molar-refractivity contribution >= 4 is 45.0 Å². The van der Waals surface area contributed by atoms with Gasteiger partial charge in [-0.25, -0.2) is 17.7 Å². The predicted molar refractivity (Wildman–Crippen MR) is 102 cm³/mol. The fraction of sp³-hybridized carbons (Fsp3) is 0.250. The lowest BCUT2D eigenvalue weighted by atomic mass is 10.3. The average Bonchev–Trinajstić information content (AvgIpc) is 2.60. The first-order valence-corrected chi connectivity index (χ1v) is 10.2. The van der Waals surface area contributed by atoms with E-state index in [0.717, 1.165) is 4.31 Å². The number of sulfonamides is 1. The molecule has 1 aromatic carbocycles. The van der Waals surface area contributed by atoms with E-state index in [9.17, 15) is 13.2 Å². The van der Waals surface area contributed by atoms with Gasteiger partial charge in [-0.3, -0.25) is 4.79 Å². The van der Waals surface area contributed by atoms with Gasteiger partial charge in [0.25, 0.3) is 0 Å². The Hall–Kier alpha value is -1.81. The minimum atomic E-state index is -3.71. The third-order valence-corrected chi connectivity index (χ3v) is 6.53. The Kier molecular flexibility index (Phi) is 6.87. The summed E-state index contributed by atoms with van der Waals surface area (Å²) < 4.78 is 31.0. The van der Waals surface area contributed by atoms with Crippen molar-refractivity contribution in [3.05, 3.63) is 41.6 Å². The molecule has 0 spiro atoms. The van der Waals surface area contributed by atoms with Gasteiger partial charge in [-0.2, -0.15) is 0 Å². The van der Waals surface area contributed by atoms with Crippen LogP contribution in [0.4, 0.5) is 5.69 Å². The van der Waals surface area contributed by atoms with Crippen LogP contribution in [0.1, 0.15) is 0 Å². The van der Waals surface area contributed by atoms with E-state index in [1.807, 2.05) is 0 Å². The second kappa shape index (κ2) is 8.72. The molecule has 0 bridgehead atoms. The number of rotatable bonds is 7. The molecule has 0 unspecified atom stereocenters. The van der Waals surface area contributed by atoms with Crippen LogP contribution in [0, 0.1) is 0 Å². The number of carbonyl (C=O) groups excluding carboxylic acids is 1. The molecule has 1 aromatic heterocycles. The highest BCUT2D eigenvalue weighted by Gasteiger charge is 2.23. The molecule has 2 rings (SSSR count). The second-order valence-corrected chi connectivity index (χ2v) is 8.77. The molecule has 0 aliphatic rings. The first-order valence-electron chi connectivity index (χ1n) is 7.39. The highest BCUT2D eigenvalue weighted by Crippen LogP contribution is 2.29. The van der Waals surface area contributed by atoms with Crippen LogP contribution in [-0.4, -0.2) is 50.6 Å². The molecule has 1 N–H and O–H groups in total. The van der Waals surface area contributed by atoms with E-state index in [1.54, 1.807) is 24.4 Å². The summed E-state index contributed by atoms with van der Waals surface area (Å²) in [6.07, 6.45) is 1.59. The number of nitrogens with one attached hydrogen (secondary N) is 1. The van der Waals surface area contributed by atoms with Gasteiger partial charge in [-0.05, 0) is 30.3 Å². The van der Waals surface area contributed by atoms with Crippen LogP contribution < -0.4 is 10.1 Å². The van der Waals surface area contributed by atoms with Gasteiger partial charge in [0.2, 0.25) is 15.9 Å². The molecular weight excluding hydrogens is 398 g/mol. The molecule has 1 heterocycles. The van der Waals surface area contributed by atoms with Crippen LogP contribution in [0.5, 0.6) is 5.75 Å². The number of hydrogen-bond donors (Lipinski definition) is 1. The average molecular weight is 416 g/mol. The van der Waals surface area contributed by atoms with Gasteiger partial charge in [0.1, 0.15) is 15.7 Å². The van der Waals surface area contributed by atoms with Crippen molar-refractivity contribution in [1.82, 2.24) is 9.29 Å². The molecule has 0 fully saturated rings. The van der Waals surface area contributed by atoms with Crippen molar-refractivity contribution in [2.75, 3.05) is 32.3 Å². The van der Waals surface area contributed by atoms with Gasteiger partial charge in [0.15, 0.2) is 0 Å². The van der Waals surface area contributed by atoms with Crippen LogP contribution in [0.25, 0.3) is 0 Å². The number of nitrogens with zero attached hydrogens (tertiary/aromatic N) is 2. The van der Waals surface area contributed by atoms with Gasteiger partial charge >= 0.3 is 0 Å². The van der Waals surface area contributed by atoms with E-state index in [1.165, 1.54) is 45.1 Å². The number of amides is 1. The van der Waals surface area contributed by atoms with E-state index in [2.05, 4.69) is 10.3 Å². The number of methoxy groups -OCH3 is 1. The molecule has 0 aliphatic heterocycles. The maximum atomic E-state index is 12.4. The molecular formula is C16H18ClN3O4S2. The molecule has 0 aliphatic carbocycles. The van der Waals surface area contributed by atoms with E-state index in [0.29, 0.717) is 15.7 Å². The summed E-state index contributed by atoms with van der Waals surface area (Å²) in [6, 6.07) is 7.83. The number of aromatic nitrogens is 1. The fourth-order valence-electron chi connectivity index (χ4n) is 1.96. The van der Waals surface area contributed by atoms with Gasteiger partial charge in [0, 0.05) is 26.0 Å². The Morgan fingerprint density at radius 3 is 2.69 bits per heavy atom. The van der Waals surface area contributed by atoms with Crippen molar-refractivity contribution in [3.63, 3.8) is 0 Å². The van der Waals surface area contributed by atoms with Crippen LogP contribution in [0.15, 0.2) is 46.5 Å². The summed E-state index contributed by atoms with van der Waals surface area (Å²) >= 11 is 7.19. The first-order chi connectivity index (χ1) is 12.3. The lowest BCUT2D eigenvalue weighted by molar-refractivity contribution is -0.113. The van der Waals surface area contributed by atoms with Crippen molar-refractivity contribution < 1.29 is 17.9 Å². The monoisotopic (exact) mass is 415 g/mol. The predicted octanol–water partition coefficient (Wildman–Crippen LogP) is 2.72. The molecule has 0 radical (unpaired) electrons. The third-order valence-electron chi connectivity index (χ3n) is 3.27. The van der Waals surface area contributed by atoms with Crippen LogP contribution in [0.3, 0.4) is 0 Å². The third kappa shape index (κ3) is 4.88. The summed E-state index contributed by atoms with van der Waals surface area (Å²) in [4.78, 5) is 16.2. The molecule has 0 atom stereocenters. The number of benzene rings is 1. The lowest BCUT2D eigenvalue weighted by Crippen LogP contribution is -2.23. The zero-order chi connectivity index (χ0) is 19.3. The summed E-state index contributed by atoms with van der Waals surface area (Å²) in [5, 5.41) is 3.68. The Morgan fingerprint density at radius 2 is 2.08 bits per heavy atom. The summed E-state index contributed by atoms with van der Waals surface area (Å²) in [7, 11) is 0.518. The Bertz CT molecular complexity index is 904. The number of ether oxygens (including phenoxy) is 1. The minimum Gasteiger partial charge on any atom is -0.495 e. The maximum absolute atomic E-state index is 12.4. The van der Waals surface area contributed by atoms with Gasteiger partial charge in [-0.15, -0.1) is 0 Å². The van der Waals surface area contributed by atoms with Crippen molar-refractivity contribution in [1.29, 1.82) is 0 Å². The quantitative estimate of drug-likeness (QED) is 0.699. The molecule has 1 amide bonds. The zero-order valence-electron chi connectivity index (χ0n) is 14.4. The van der Waals surface area contributed by atoms with E-state index >= 15 is 0 Å².